The molecule has 6 nitrogen and oxygen atoms in total. The summed E-state index contributed by atoms with van der Waals surface area (Å²) < 4.78 is 14.0. The largest absolute Gasteiger partial charge is 0.390 e. The third-order valence-corrected chi connectivity index (χ3v) is 5.38. The number of nitrogens with zero attached hydrogens (tertiary/aromatic N) is 2. The molecule has 4 N–H and O–H groups in total. The molecule has 0 radical (unpaired) electrons. The third-order valence-electron chi connectivity index (χ3n) is 3.55. The van der Waals surface area contributed by atoms with Gasteiger partial charge >= 0.3 is 0 Å². The van der Waals surface area contributed by atoms with E-state index in [2.05, 4.69) is 31.2 Å². The van der Waals surface area contributed by atoms with Gasteiger partial charge in [-0.05, 0) is 27.6 Å². The molecule has 0 bridgehead atoms. The first-order valence-corrected chi connectivity index (χ1v) is 9.10. The van der Waals surface area contributed by atoms with Crippen LogP contribution >= 0.6 is 27.3 Å². The fourth-order valence-electron chi connectivity index (χ4n) is 2.47. The first kappa shape index (κ1) is 18.2. The van der Waals surface area contributed by atoms with Gasteiger partial charge in [0.15, 0.2) is 5.84 Å². The van der Waals surface area contributed by atoms with Gasteiger partial charge in [-0.25, -0.2) is 9.38 Å². The normalized spacial score (nSPS) is 11.2. The molecule has 0 aliphatic heterocycles. The van der Waals surface area contributed by atoms with Crippen molar-refractivity contribution in [3.8, 4) is 0 Å². The lowest BCUT2D eigenvalue weighted by atomic mass is 10.1. The predicted molar refractivity (Wildman–Crippen MR) is 106 cm³/mol. The number of amides is 1. The highest BCUT2D eigenvalue weighted by atomic mass is 79.9. The molecular weight excluding hydrogens is 421 g/mol. The molecule has 9 heteroatoms. The Bertz CT molecular complexity index is 1030. The van der Waals surface area contributed by atoms with E-state index in [0.29, 0.717) is 31.5 Å². The van der Waals surface area contributed by atoms with Crippen LogP contribution in [0.15, 0.2) is 45.3 Å². The van der Waals surface area contributed by atoms with Crippen LogP contribution in [0.5, 0.6) is 0 Å². The second kappa shape index (κ2) is 7.71. The van der Waals surface area contributed by atoms with Crippen LogP contribution in [0, 0.1) is 11.2 Å². The number of carbonyl (C=O) groups excluding carboxylic acids is 1. The molecule has 1 amide bonds. The highest BCUT2D eigenvalue weighted by molar-refractivity contribution is 9.10. The fraction of sp³-hybridized carbons (Fsp3) is 0.0588. The van der Waals surface area contributed by atoms with Crippen molar-refractivity contribution in [1.29, 1.82) is 5.41 Å². The van der Waals surface area contributed by atoms with Gasteiger partial charge in [0.05, 0.1) is 30.0 Å². The van der Waals surface area contributed by atoms with E-state index in [4.69, 9.17) is 11.1 Å². The van der Waals surface area contributed by atoms with Crippen molar-refractivity contribution in [2.75, 3.05) is 5.32 Å². The SMILES string of the molecule is N=C(/N=C\N)c1c(Br)csc1NC(=O)Cc1cccc2cc(F)cnc12. The number of hydrogen-bond donors (Lipinski definition) is 3. The number of fused-ring (bicyclic) bond motifs is 1. The number of aromatic nitrogens is 1. The Labute approximate surface area is 160 Å². The van der Waals surface area contributed by atoms with Crippen LogP contribution in [-0.4, -0.2) is 23.1 Å². The predicted octanol–water partition coefficient (Wildman–Crippen LogP) is 3.69. The number of amidine groups is 1. The first-order chi connectivity index (χ1) is 12.5. The van der Waals surface area contributed by atoms with E-state index in [1.165, 1.54) is 17.4 Å². The monoisotopic (exact) mass is 433 g/mol. The van der Waals surface area contributed by atoms with Gasteiger partial charge in [0, 0.05) is 15.2 Å². The van der Waals surface area contributed by atoms with E-state index in [1.54, 1.807) is 23.6 Å². The average molecular weight is 434 g/mol. The summed E-state index contributed by atoms with van der Waals surface area (Å²) in [6.45, 7) is 0. The van der Waals surface area contributed by atoms with Crippen molar-refractivity contribution in [2.45, 2.75) is 6.42 Å². The summed E-state index contributed by atoms with van der Waals surface area (Å²) in [7, 11) is 0. The van der Waals surface area contributed by atoms with Gasteiger partial charge in [0.2, 0.25) is 5.91 Å². The number of thiophene rings is 1. The lowest BCUT2D eigenvalue weighted by Gasteiger charge is -2.08. The minimum Gasteiger partial charge on any atom is -0.390 e. The number of nitrogens with one attached hydrogen (secondary N) is 2. The average Bonchev–Trinajstić information content (AvgIpc) is 2.95. The Kier molecular flexibility index (Phi) is 5.38. The van der Waals surface area contributed by atoms with Crippen molar-refractivity contribution in [2.24, 2.45) is 10.7 Å². The summed E-state index contributed by atoms with van der Waals surface area (Å²) in [5.41, 5.74) is 6.97. The van der Waals surface area contributed by atoms with Crippen LogP contribution < -0.4 is 11.1 Å². The van der Waals surface area contributed by atoms with E-state index in [9.17, 15) is 9.18 Å². The number of carbonyl (C=O) groups is 1. The van der Waals surface area contributed by atoms with Gasteiger partial charge in [0.1, 0.15) is 10.8 Å². The molecule has 0 saturated heterocycles. The highest BCUT2D eigenvalue weighted by Crippen LogP contribution is 2.33. The Morgan fingerprint density at radius 3 is 3.08 bits per heavy atom. The Hall–Kier alpha value is -2.65. The summed E-state index contributed by atoms with van der Waals surface area (Å²) in [6, 6.07) is 6.65. The van der Waals surface area contributed by atoms with E-state index < -0.39 is 5.82 Å². The second-order valence-electron chi connectivity index (χ2n) is 5.28. The van der Waals surface area contributed by atoms with Gasteiger partial charge in [-0.2, -0.15) is 0 Å². The van der Waals surface area contributed by atoms with Gasteiger partial charge in [0.25, 0.3) is 0 Å². The Morgan fingerprint density at radius 1 is 1.50 bits per heavy atom. The minimum atomic E-state index is -0.425. The van der Waals surface area contributed by atoms with Gasteiger partial charge in [-0.15, -0.1) is 11.3 Å². The van der Waals surface area contributed by atoms with Crippen LogP contribution in [0.2, 0.25) is 0 Å². The van der Waals surface area contributed by atoms with Crippen molar-refractivity contribution < 1.29 is 9.18 Å². The number of aliphatic imine (C=N–C) groups is 1. The van der Waals surface area contributed by atoms with E-state index in [-0.39, 0.29) is 18.2 Å². The summed E-state index contributed by atoms with van der Waals surface area (Å²) >= 11 is 4.62. The number of halogens is 2. The summed E-state index contributed by atoms with van der Waals surface area (Å²) in [5.74, 6) is -0.756. The number of rotatable bonds is 4. The molecule has 0 unspecified atom stereocenters. The molecule has 0 spiro atoms. The second-order valence-corrected chi connectivity index (χ2v) is 7.02. The van der Waals surface area contributed by atoms with Crippen LogP contribution in [0.1, 0.15) is 11.1 Å². The summed E-state index contributed by atoms with van der Waals surface area (Å²) in [5, 5.41) is 13.6. The van der Waals surface area contributed by atoms with E-state index >= 15 is 0 Å². The van der Waals surface area contributed by atoms with Crippen LogP contribution in [0.4, 0.5) is 9.39 Å². The summed E-state index contributed by atoms with van der Waals surface area (Å²) in [4.78, 5) is 20.3. The minimum absolute atomic E-state index is 0.0572. The molecule has 1 aromatic carbocycles. The lowest BCUT2D eigenvalue weighted by molar-refractivity contribution is -0.115. The Morgan fingerprint density at radius 2 is 2.31 bits per heavy atom. The molecule has 3 rings (SSSR count). The molecule has 0 aliphatic carbocycles. The zero-order chi connectivity index (χ0) is 18.7. The lowest BCUT2D eigenvalue weighted by Crippen LogP contribution is -2.16. The topological polar surface area (TPSA) is 104 Å². The number of nitrogens with two attached hydrogens (primary N) is 1. The standard InChI is InChI=1S/C17H13BrFN5OS/c18-12-7-26-17(14(12)16(21)23-8-20)24-13(25)5-10-3-1-2-9-4-11(19)6-22-15(9)10/h1-4,6-8H,5H2,(H,24,25)(H3,20,21,23). The number of pyridine rings is 1. The van der Waals surface area contributed by atoms with Gasteiger partial charge < -0.3 is 11.1 Å². The van der Waals surface area contributed by atoms with Crippen molar-refractivity contribution in [3.63, 3.8) is 0 Å². The maximum atomic E-state index is 13.3. The van der Waals surface area contributed by atoms with Crippen LogP contribution in [-0.2, 0) is 11.2 Å². The molecular formula is C17H13BrFN5OS. The maximum absolute atomic E-state index is 13.3. The molecule has 0 atom stereocenters. The molecule has 0 aliphatic rings. The maximum Gasteiger partial charge on any atom is 0.229 e. The smallest absolute Gasteiger partial charge is 0.229 e. The Balaban J connectivity index is 1.84. The summed E-state index contributed by atoms with van der Waals surface area (Å²) in [6.07, 6.45) is 2.22. The van der Waals surface area contributed by atoms with E-state index in [0.717, 1.165) is 12.5 Å². The molecule has 132 valence electrons. The number of para-hydroxylation sites is 1. The zero-order valence-electron chi connectivity index (χ0n) is 13.3. The number of benzene rings is 1. The molecule has 3 aromatic rings. The van der Waals surface area contributed by atoms with Crippen LogP contribution in [0.25, 0.3) is 10.9 Å². The van der Waals surface area contributed by atoms with Crippen LogP contribution in [0.3, 0.4) is 0 Å². The van der Waals surface area contributed by atoms with Crippen molar-refractivity contribution in [1.82, 2.24) is 4.98 Å². The molecule has 2 aromatic heterocycles. The molecule has 0 fully saturated rings. The van der Waals surface area contributed by atoms with E-state index in [1.807, 2.05) is 0 Å². The van der Waals surface area contributed by atoms with Crippen molar-refractivity contribution >= 4 is 61.3 Å². The van der Waals surface area contributed by atoms with Crippen molar-refractivity contribution in [3.05, 3.63) is 57.3 Å². The molecule has 26 heavy (non-hydrogen) atoms. The molecule has 0 saturated carbocycles. The molecule has 2 heterocycles. The number of anilines is 1. The van der Waals surface area contributed by atoms with Gasteiger partial charge in [-0.1, -0.05) is 18.2 Å². The van der Waals surface area contributed by atoms with Gasteiger partial charge in [-0.3, -0.25) is 15.2 Å². The fourth-order valence-corrected chi connectivity index (χ4v) is 4.11. The highest BCUT2D eigenvalue weighted by Gasteiger charge is 2.17. The third kappa shape index (κ3) is 3.78. The first-order valence-electron chi connectivity index (χ1n) is 7.42. The zero-order valence-corrected chi connectivity index (χ0v) is 15.7. The quantitative estimate of drug-likeness (QED) is 0.431. The number of hydrogen-bond acceptors (Lipinski definition) is 4.